The van der Waals surface area contributed by atoms with Crippen LogP contribution in [-0.2, 0) is 9.53 Å². The van der Waals surface area contributed by atoms with Gasteiger partial charge in [0.25, 0.3) is 0 Å². The highest BCUT2D eigenvalue weighted by atomic mass is 16.5. The smallest absolute Gasteiger partial charge is 0.303 e. The van der Waals surface area contributed by atoms with E-state index in [4.69, 9.17) is 4.74 Å². The average Bonchev–Trinajstić information content (AvgIpc) is 2.00. The number of hydrogen-bond acceptors (Lipinski definition) is 2. The molecule has 2 heteroatoms. The molecular weight excluding hydrogens is 152 g/mol. The molecule has 0 aromatic rings. The molecule has 0 aromatic heterocycles. The van der Waals surface area contributed by atoms with Crippen molar-refractivity contribution in [1.82, 2.24) is 0 Å². The Labute approximate surface area is 73.9 Å². The summed E-state index contributed by atoms with van der Waals surface area (Å²) in [5.74, 6) is -0.234. The highest BCUT2D eigenvalue weighted by Crippen LogP contribution is 2.04. The van der Waals surface area contributed by atoms with E-state index in [9.17, 15) is 4.79 Å². The van der Waals surface area contributed by atoms with E-state index in [0.29, 0.717) is 0 Å². The Morgan fingerprint density at radius 3 is 2.75 bits per heavy atom. The zero-order valence-corrected chi connectivity index (χ0v) is 7.75. The third-order valence-corrected chi connectivity index (χ3v) is 1.35. The van der Waals surface area contributed by atoms with Gasteiger partial charge in [0, 0.05) is 6.92 Å². The zero-order chi connectivity index (χ0) is 9.40. The molecule has 2 nitrogen and oxygen atoms in total. The quantitative estimate of drug-likeness (QED) is 0.465. The molecule has 0 N–H and O–H groups in total. The topological polar surface area (TPSA) is 26.3 Å². The minimum absolute atomic E-state index is 0.0921. The van der Waals surface area contributed by atoms with Crippen LogP contribution in [0.4, 0.5) is 0 Å². The normalized spacial score (nSPS) is 12.8. The molecule has 0 aromatic carbocycles. The van der Waals surface area contributed by atoms with E-state index in [-0.39, 0.29) is 12.1 Å². The number of ether oxygens (including phenoxy) is 1. The van der Waals surface area contributed by atoms with Gasteiger partial charge in [0.2, 0.25) is 0 Å². The van der Waals surface area contributed by atoms with Gasteiger partial charge < -0.3 is 4.74 Å². The maximum Gasteiger partial charge on any atom is 0.303 e. The van der Waals surface area contributed by atoms with Crippen LogP contribution >= 0.6 is 0 Å². The molecule has 0 fully saturated rings. The predicted molar refractivity (Wildman–Crippen MR) is 49.8 cm³/mol. The minimum Gasteiger partial charge on any atom is -0.458 e. The van der Waals surface area contributed by atoms with Gasteiger partial charge in [0.15, 0.2) is 0 Å². The van der Waals surface area contributed by atoms with Gasteiger partial charge in [-0.05, 0) is 12.5 Å². The van der Waals surface area contributed by atoms with Crippen LogP contribution in [0, 0.1) is 0 Å². The predicted octanol–water partition coefficient (Wildman–Crippen LogP) is 2.46. The van der Waals surface area contributed by atoms with Crippen LogP contribution in [0.25, 0.3) is 0 Å². The van der Waals surface area contributed by atoms with Crippen LogP contribution in [0.2, 0.25) is 0 Å². The molecule has 0 saturated carbocycles. The summed E-state index contributed by atoms with van der Waals surface area (Å²) in [4.78, 5) is 10.6. The second kappa shape index (κ2) is 6.65. The first-order valence-corrected chi connectivity index (χ1v) is 4.17. The number of esters is 1. The molecule has 0 amide bonds. The van der Waals surface area contributed by atoms with Crippen molar-refractivity contribution in [3.8, 4) is 0 Å². The summed E-state index contributed by atoms with van der Waals surface area (Å²) in [5.41, 5.74) is 0. The Morgan fingerprint density at radius 2 is 2.33 bits per heavy atom. The lowest BCUT2D eigenvalue weighted by Gasteiger charge is -2.10. The van der Waals surface area contributed by atoms with Crippen molar-refractivity contribution in [1.29, 1.82) is 0 Å². The van der Waals surface area contributed by atoms with Crippen LogP contribution in [0.5, 0.6) is 0 Å². The third kappa shape index (κ3) is 5.71. The molecule has 0 spiro atoms. The van der Waals surface area contributed by atoms with E-state index in [2.05, 4.69) is 13.5 Å². The van der Waals surface area contributed by atoms with Crippen LogP contribution in [-0.4, -0.2) is 12.1 Å². The van der Waals surface area contributed by atoms with Crippen molar-refractivity contribution in [2.75, 3.05) is 0 Å². The van der Waals surface area contributed by atoms with Gasteiger partial charge in [-0.3, -0.25) is 4.79 Å². The van der Waals surface area contributed by atoms with Gasteiger partial charge >= 0.3 is 5.97 Å². The number of carbonyl (C=O) groups is 1. The summed E-state index contributed by atoms with van der Waals surface area (Å²) < 4.78 is 5.02. The number of carbonyl (C=O) groups excluding carboxylic acids is 1. The molecule has 0 aliphatic carbocycles. The fourth-order valence-electron chi connectivity index (χ4n) is 0.895. The second-order valence-corrected chi connectivity index (χ2v) is 2.56. The summed E-state index contributed by atoms with van der Waals surface area (Å²) in [6.45, 7) is 7.02. The lowest BCUT2D eigenvalue weighted by molar-refractivity contribution is -0.144. The van der Waals surface area contributed by atoms with E-state index < -0.39 is 0 Å². The maximum atomic E-state index is 10.6. The molecule has 1 atom stereocenters. The summed E-state index contributed by atoms with van der Waals surface area (Å²) >= 11 is 0. The molecule has 68 valence electrons. The molecule has 12 heavy (non-hydrogen) atoms. The molecule has 0 saturated heterocycles. The Bertz CT molecular complexity index is 171. The summed E-state index contributed by atoms with van der Waals surface area (Å²) in [6.07, 6.45) is 7.09. The number of hydrogen-bond donors (Lipinski definition) is 0. The fourth-order valence-corrected chi connectivity index (χ4v) is 0.895. The Balaban J connectivity index is 3.93. The molecule has 0 aliphatic heterocycles. The van der Waals surface area contributed by atoms with Gasteiger partial charge in [0.1, 0.15) is 6.10 Å². The zero-order valence-electron chi connectivity index (χ0n) is 7.75. The SMILES string of the molecule is C=C/C=C/C(CCC)OC(C)=O. The molecular formula is C10H16O2. The van der Waals surface area contributed by atoms with Gasteiger partial charge in [-0.1, -0.05) is 32.1 Å². The average molecular weight is 168 g/mol. The van der Waals surface area contributed by atoms with Gasteiger partial charge in [-0.2, -0.15) is 0 Å². The highest BCUT2D eigenvalue weighted by molar-refractivity contribution is 5.66. The van der Waals surface area contributed by atoms with Crippen LogP contribution in [0.1, 0.15) is 26.7 Å². The van der Waals surface area contributed by atoms with Crippen molar-refractivity contribution in [2.24, 2.45) is 0 Å². The Morgan fingerprint density at radius 1 is 1.67 bits per heavy atom. The second-order valence-electron chi connectivity index (χ2n) is 2.56. The highest BCUT2D eigenvalue weighted by Gasteiger charge is 2.05. The minimum atomic E-state index is -0.234. The van der Waals surface area contributed by atoms with Crippen LogP contribution in [0.15, 0.2) is 24.8 Å². The molecule has 1 unspecified atom stereocenters. The number of allylic oxidation sites excluding steroid dienone is 2. The van der Waals surface area contributed by atoms with Gasteiger partial charge in [-0.15, -0.1) is 0 Å². The van der Waals surface area contributed by atoms with Crippen LogP contribution in [0.3, 0.4) is 0 Å². The molecule has 0 heterocycles. The van der Waals surface area contributed by atoms with Crippen LogP contribution < -0.4 is 0 Å². The molecule has 0 rings (SSSR count). The van der Waals surface area contributed by atoms with Crippen molar-refractivity contribution in [3.63, 3.8) is 0 Å². The molecule has 0 bridgehead atoms. The Kier molecular flexibility index (Phi) is 6.07. The van der Waals surface area contributed by atoms with E-state index in [1.165, 1.54) is 6.92 Å². The first-order valence-electron chi connectivity index (χ1n) is 4.17. The van der Waals surface area contributed by atoms with E-state index >= 15 is 0 Å². The van der Waals surface area contributed by atoms with Gasteiger partial charge in [0.05, 0.1) is 0 Å². The fraction of sp³-hybridized carbons (Fsp3) is 0.500. The standard InChI is InChI=1S/C10H16O2/c1-4-6-8-10(7-5-2)12-9(3)11/h4,6,8,10H,1,5,7H2,2-3H3/b8-6+. The van der Waals surface area contributed by atoms with E-state index in [1.807, 2.05) is 6.08 Å². The van der Waals surface area contributed by atoms with Crippen molar-refractivity contribution < 1.29 is 9.53 Å². The Hall–Kier alpha value is -1.05. The monoisotopic (exact) mass is 168 g/mol. The van der Waals surface area contributed by atoms with Crippen molar-refractivity contribution in [2.45, 2.75) is 32.8 Å². The van der Waals surface area contributed by atoms with Crippen molar-refractivity contribution >= 4 is 5.97 Å². The van der Waals surface area contributed by atoms with E-state index in [1.54, 1.807) is 12.2 Å². The third-order valence-electron chi connectivity index (χ3n) is 1.35. The summed E-state index contributed by atoms with van der Waals surface area (Å²) in [7, 11) is 0. The van der Waals surface area contributed by atoms with Crippen molar-refractivity contribution in [3.05, 3.63) is 24.8 Å². The first kappa shape index (κ1) is 11.0. The van der Waals surface area contributed by atoms with E-state index in [0.717, 1.165) is 12.8 Å². The maximum absolute atomic E-state index is 10.6. The number of rotatable bonds is 5. The largest absolute Gasteiger partial charge is 0.458 e. The first-order chi connectivity index (χ1) is 5.70. The van der Waals surface area contributed by atoms with Gasteiger partial charge in [-0.25, -0.2) is 0 Å². The summed E-state index contributed by atoms with van der Waals surface area (Å²) in [5, 5.41) is 0. The molecule has 0 radical (unpaired) electrons. The lowest BCUT2D eigenvalue weighted by Crippen LogP contribution is -2.12. The summed E-state index contributed by atoms with van der Waals surface area (Å²) in [6, 6.07) is 0. The lowest BCUT2D eigenvalue weighted by atomic mass is 10.2. The molecule has 0 aliphatic rings.